The number of halogens is 1. The van der Waals surface area contributed by atoms with Crippen molar-refractivity contribution >= 4 is 21.6 Å². The summed E-state index contributed by atoms with van der Waals surface area (Å²) in [5.74, 6) is 0. The first-order chi connectivity index (χ1) is 6.49. The Morgan fingerprint density at radius 3 is 2.64 bits per heavy atom. The maximum atomic E-state index is 11.5. The first-order valence-electron chi connectivity index (χ1n) is 3.79. The summed E-state index contributed by atoms with van der Waals surface area (Å²) < 4.78 is 23.0. The van der Waals surface area contributed by atoms with Crippen molar-refractivity contribution < 1.29 is 13.3 Å². The van der Waals surface area contributed by atoms with Gasteiger partial charge in [-0.2, -0.15) is 0 Å². The van der Waals surface area contributed by atoms with E-state index in [1.807, 2.05) is 4.89 Å². The molecule has 0 fully saturated rings. The molecule has 14 heavy (non-hydrogen) atoms. The van der Waals surface area contributed by atoms with Gasteiger partial charge in [-0.15, -0.1) is 0 Å². The van der Waals surface area contributed by atoms with Crippen molar-refractivity contribution in [1.82, 2.24) is 4.89 Å². The third-order valence-corrected chi connectivity index (χ3v) is 3.52. The largest absolute Gasteiger partial charge is 0.290 e. The molecule has 0 spiro atoms. The highest BCUT2D eigenvalue weighted by Crippen LogP contribution is 2.22. The summed E-state index contributed by atoms with van der Waals surface area (Å²) in [5, 5.41) is 0.406. The number of rotatable bonds is 3. The van der Waals surface area contributed by atoms with Crippen LogP contribution in [0.15, 0.2) is 23.1 Å². The Morgan fingerprint density at radius 2 is 2.07 bits per heavy atom. The summed E-state index contributed by atoms with van der Waals surface area (Å²) in [7, 11) is -2.39. The quantitative estimate of drug-likeness (QED) is 0.808. The smallest absolute Gasteiger partial charge is 0.262 e. The molecule has 0 aromatic heterocycles. The predicted molar refractivity (Wildman–Crippen MR) is 53.5 cm³/mol. The Hall–Kier alpha value is -0.620. The monoisotopic (exact) mass is 235 g/mol. The summed E-state index contributed by atoms with van der Waals surface area (Å²) >= 11 is 5.79. The fourth-order valence-electron chi connectivity index (χ4n) is 1.03. The molecule has 78 valence electrons. The highest BCUT2D eigenvalue weighted by Gasteiger charge is 2.17. The highest BCUT2D eigenvalue weighted by atomic mass is 35.5. The molecule has 0 aliphatic rings. The number of benzene rings is 1. The Morgan fingerprint density at radius 1 is 1.43 bits per heavy atom. The van der Waals surface area contributed by atoms with Gasteiger partial charge in [-0.1, -0.05) is 22.6 Å². The topological polar surface area (TPSA) is 55.4 Å². The fourth-order valence-corrected chi connectivity index (χ4v) is 2.34. The highest BCUT2D eigenvalue weighted by molar-refractivity contribution is 7.89. The minimum absolute atomic E-state index is 0.117. The zero-order chi connectivity index (χ0) is 10.8. The molecule has 6 heteroatoms. The third-order valence-electron chi connectivity index (χ3n) is 1.70. The molecule has 1 aromatic carbocycles. The Balaban J connectivity index is 3.27. The van der Waals surface area contributed by atoms with Gasteiger partial charge < -0.3 is 0 Å². The molecule has 1 aromatic rings. The predicted octanol–water partition coefficient (Wildman–Crippen LogP) is 1.49. The van der Waals surface area contributed by atoms with Crippen LogP contribution in [0.5, 0.6) is 0 Å². The van der Waals surface area contributed by atoms with E-state index < -0.39 is 10.0 Å². The molecule has 0 radical (unpaired) electrons. The minimum Gasteiger partial charge on any atom is -0.290 e. The van der Waals surface area contributed by atoms with Crippen molar-refractivity contribution in [3.05, 3.63) is 28.8 Å². The molecule has 0 amide bonds. The average molecular weight is 236 g/mol. The second-order valence-corrected chi connectivity index (χ2v) is 4.67. The van der Waals surface area contributed by atoms with Gasteiger partial charge in [0.1, 0.15) is 0 Å². The van der Waals surface area contributed by atoms with Crippen molar-refractivity contribution in [2.45, 2.75) is 11.8 Å². The minimum atomic E-state index is -3.62. The van der Waals surface area contributed by atoms with Gasteiger partial charge >= 0.3 is 0 Å². The third kappa shape index (κ3) is 2.24. The van der Waals surface area contributed by atoms with E-state index in [0.717, 1.165) is 0 Å². The Labute approximate surface area is 87.8 Å². The summed E-state index contributed by atoms with van der Waals surface area (Å²) in [4.78, 5) is 6.41. The number of sulfonamides is 1. The molecule has 1 rings (SSSR count). The second-order valence-electron chi connectivity index (χ2n) is 2.65. The molecule has 0 atom stereocenters. The molecule has 0 saturated heterocycles. The van der Waals surface area contributed by atoms with Gasteiger partial charge in [-0.3, -0.25) is 4.84 Å². The van der Waals surface area contributed by atoms with Crippen LogP contribution in [0.3, 0.4) is 0 Å². The van der Waals surface area contributed by atoms with Gasteiger partial charge in [0.2, 0.25) is 0 Å². The molecule has 0 aliphatic carbocycles. The van der Waals surface area contributed by atoms with Crippen molar-refractivity contribution in [3.63, 3.8) is 0 Å². The van der Waals surface area contributed by atoms with E-state index in [-0.39, 0.29) is 4.90 Å². The summed E-state index contributed by atoms with van der Waals surface area (Å²) in [6, 6.07) is 4.66. The van der Waals surface area contributed by atoms with Crippen LogP contribution >= 0.6 is 11.6 Å². The van der Waals surface area contributed by atoms with Crippen LogP contribution in [0.2, 0.25) is 5.02 Å². The lowest BCUT2D eigenvalue weighted by Gasteiger charge is -2.07. The molecule has 4 nitrogen and oxygen atoms in total. The van der Waals surface area contributed by atoms with Crippen molar-refractivity contribution in [2.24, 2.45) is 0 Å². The number of hydrogen-bond acceptors (Lipinski definition) is 3. The normalized spacial score (nSPS) is 11.6. The molecular formula is C8H10ClNO3S. The molecule has 0 saturated carbocycles. The van der Waals surface area contributed by atoms with Crippen LogP contribution in [0.25, 0.3) is 0 Å². The summed E-state index contributed by atoms with van der Waals surface area (Å²) in [6.45, 7) is 1.63. The van der Waals surface area contributed by atoms with Crippen LogP contribution in [-0.2, 0) is 14.9 Å². The van der Waals surface area contributed by atoms with E-state index in [9.17, 15) is 8.42 Å². The van der Waals surface area contributed by atoms with Crippen LogP contribution in [0.4, 0.5) is 0 Å². The van der Waals surface area contributed by atoms with Gasteiger partial charge in [0.15, 0.2) is 0 Å². The van der Waals surface area contributed by atoms with E-state index in [4.69, 9.17) is 11.6 Å². The first-order valence-corrected chi connectivity index (χ1v) is 5.65. The van der Waals surface area contributed by atoms with Crippen molar-refractivity contribution in [2.75, 3.05) is 7.11 Å². The lowest BCUT2D eigenvalue weighted by Crippen LogP contribution is -2.23. The first kappa shape index (κ1) is 11.5. The lowest BCUT2D eigenvalue weighted by atomic mass is 10.2. The van der Waals surface area contributed by atoms with Crippen LogP contribution in [0.1, 0.15) is 5.56 Å². The van der Waals surface area contributed by atoms with E-state index in [1.165, 1.54) is 13.2 Å². The maximum absolute atomic E-state index is 11.5. The summed E-state index contributed by atoms with van der Waals surface area (Å²) in [6.07, 6.45) is 0. The van der Waals surface area contributed by atoms with Crippen molar-refractivity contribution in [3.8, 4) is 0 Å². The van der Waals surface area contributed by atoms with Crippen LogP contribution in [0, 0.1) is 6.92 Å². The summed E-state index contributed by atoms with van der Waals surface area (Å²) in [5.41, 5.74) is 0.499. The average Bonchev–Trinajstić information content (AvgIpc) is 2.09. The number of hydrogen-bond donors (Lipinski definition) is 1. The fraction of sp³-hybridized carbons (Fsp3) is 0.250. The molecule has 0 bridgehead atoms. The lowest BCUT2D eigenvalue weighted by molar-refractivity contribution is 0.153. The standard InChI is InChI=1S/C8H10ClNO3S/c1-6-7(9)4-3-5-8(6)14(11,12)10-13-2/h3-5,10H,1-2H3. The molecule has 1 N–H and O–H groups in total. The van der Waals surface area contributed by atoms with Crippen LogP contribution < -0.4 is 4.89 Å². The molecule has 0 aliphatic heterocycles. The zero-order valence-electron chi connectivity index (χ0n) is 7.74. The zero-order valence-corrected chi connectivity index (χ0v) is 9.32. The van der Waals surface area contributed by atoms with Gasteiger partial charge in [0.25, 0.3) is 10.0 Å². The van der Waals surface area contributed by atoms with Crippen molar-refractivity contribution in [1.29, 1.82) is 0 Å². The van der Waals surface area contributed by atoms with Gasteiger partial charge in [0.05, 0.1) is 12.0 Å². The molecular weight excluding hydrogens is 226 g/mol. The molecule has 0 unspecified atom stereocenters. The Bertz CT molecular complexity index is 430. The number of nitrogens with one attached hydrogen (secondary N) is 1. The van der Waals surface area contributed by atoms with E-state index in [2.05, 4.69) is 4.84 Å². The SMILES string of the molecule is CONS(=O)(=O)c1cccc(Cl)c1C. The van der Waals surface area contributed by atoms with Gasteiger partial charge in [0, 0.05) is 5.02 Å². The van der Waals surface area contributed by atoms with Gasteiger partial charge in [-0.25, -0.2) is 8.42 Å². The van der Waals surface area contributed by atoms with Crippen LogP contribution in [-0.4, -0.2) is 15.5 Å². The van der Waals surface area contributed by atoms with E-state index in [1.54, 1.807) is 19.1 Å². The van der Waals surface area contributed by atoms with E-state index in [0.29, 0.717) is 10.6 Å². The Kier molecular flexibility index (Phi) is 3.49. The van der Waals surface area contributed by atoms with Gasteiger partial charge in [-0.05, 0) is 24.6 Å². The second kappa shape index (κ2) is 4.27. The van der Waals surface area contributed by atoms with E-state index >= 15 is 0 Å². The maximum Gasteiger partial charge on any atom is 0.262 e. The molecule has 0 heterocycles.